The molecule has 0 radical (unpaired) electrons. The smallest absolute Gasteiger partial charge is 0.256 e. The summed E-state index contributed by atoms with van der Waals surface area (Å²) in [5.74, 6) is 0.307. The van der Waals surface area contributed by atoms with E-state index >= 15 is 0 Å². The van der Waals surface area contributed by atoms with Gasteiger partial charge in [-0.3, -0.25) is 9.59 Å². The standard InChI is InChI=1S/C24H27N5O2/c1-2-3-4-7-13-26-23(30)20-11-12-22(27-17-20)28-14-8-15-29(18-28)24(31)21-10-6-5-9-19(21)16-25/h5-6,8-12,14,17H,2-4,7,13,15,18H2,1H3,(H,26,30). The zero-order valence-corrected chi connectivity index (χ0v) is 17.8. The van der Waals surface area contributed by atoms with Gasteiger partial charge in [-0.05, 0) is 36.8 Å². The van der Waals surface area contributed by atoms with Crippen LogP contribution in [0, 0.1) is 11.3 Å². The summed E-state index contributed by atoms with van der Waals surface area (Å²) in [5, 5.41) is 12.2. The van der Waals surface area contributed by atoms with Crippen LogP contribution in [-0.2, 0) is 0 Å². The van der Waals surface area contributed by atoms with Crippen molar-refractivity contribution in [1.29, 1.82) is 5.26 Å². The Morgan fingerprint density at radius 2 is 2.00 bits per heavy atom. The van der Waals surface area contributed by atoms with Crippen molar-refractivity contribution in [1.82, 2.24) is 15.2 Å². The van der Waals surface area contributed by atoms with Gasteiger partial charge in [-0.15, -0.1) is 0 Å². The fraction of sp³-hybridized carbons (Fsp3) is 0.333. The molecule has 1 aromatic carbocycles. The Labute approximate surface area is 183 Å². The van der Waals surface area contributed by atoms with E-state index in [0.717, 1.165) is 19.3 Å². The number of aromatic nitrogens is 1. The molecule has 0 aliphatic carbocycles. The van der Waals surface area contributed by atoms with Gasteiger partial charge in [0.1, 0.15) is 5.82 Å². The summed E-state index contributed by atoms with van der Waals surface area (Å²) in [4.78, 5) is 33.1. The molecule has 1 aliphatic rings. The van der Waals surface area contributed by atoms with Crippen molar-refractivity contribution in [3.63, 3.8) is 0 Å². The summed E-state index contributed by atoms with van der Waals surface area (Å²) in [6.45, 7) is 3.58. The number of pyridine rings is 1. The number of amides is 2. The molecule has 0 saturated carbocycles. The summed E-state index contributed by atoms with van der Waals surface area (Å²) < 4.78 is 0. The van der Waals surface area contributed by atoms with Crippen LogP contribution in [-0.4, -0.2) is 41.5 Å². The number of benzene rings is 1. The first-order valence-corrected chi connectivity index (χ1v) is 10.6. The molecule has 0 saturated heterocycles. The zero-order valence-electron chi connectivity index (χ0n) is 17.8. The van der Waals surface area contributed by atoms with E-state index in [4.69, 9.17) is 0 Å². The topological polar surface area (TPSA) is 89.3 Å². The fourth-order valence-corrected chi connectivity index (χ4v) is 3.37. The molecule has 0 unspecified atom stereocenters. The van der Waals surface area contributed by atoms with Crippen molar-refractivity contribution in [3.05, 3.63) is 71.6 Å². The lowest BCUT2D eigenvalue weighted by atomic mass is 10.1. The average molecular weight is 418 g/mol. The molecule has 1 aromatic heterocycles. The minimum atomic E-state index is -0.203. The van der Waals surface area contributed by atoms with Crippen LogP contribution in [0.1, 0.15) is 58.9 Å². The van der Waals surface area contributed by atoms with Crippen LogP contribution in [0.15, 0.2) is 54.9 Å². The maximum absolute atomic E-state index is 12.9. The largest absolute Gasteiger partial charge is 0.352 e. The number of nitrogens with one attached hydrogen (secondary N) is 1. The van der Waals surface area contributed by atoms with Gasteiger partial charge in [-0.2, -0.15) is 5.26 Å². The van der Waals surface area contributed by atoms with E-state index in [1.807, 2.05) is 17.2 Å². The van der Waals surface area contributed by atoms with Gasteiger partial charge in [-0.1, -0.05) is 38.3 Å². The van der Waals surface area contributed by atoms with Gasteiger partial charge in [0.05, 0.1) is 29.4 Å². The second-order valence-electron chi connectivity index (χ2n) is 7.40. The van der Waals surface area contributed by atoms with E-state index in [1.165, 1.54) is 6.42 Å². The minimum absolute atomic E-state index is 0.130. The van der Waals surface area contributed by atoms with Gasteiger partial charge in [0.25, 0.3) is 11.8 Å². The van der Waals surface area contributed by atoms with Crippen molar-refractivity contribution < 1.29 is 9.59 Å². The van der Waals surface area contributed by atoms with Crippen LogP contribution in [0.4, 0.5) is 5.82 Å². The first-order valence-electron chi connectivity index (χ1n) is 10.6. The van der Waals surface area contributed by atoms with Crippen LogP contribution in [0.3, 0.4) is 0 Å². The lowest BCUT2D eigenvalue weighted by Gasteiger charge is -2.32. The van der Waals surface area contributed by atoms with Gasteiger partial charge in [0.15, 0.2) is 0 Å². The maximum atomic E-state index is 12.9. The highest BCUT2D eigenvalue weighted by molar-refractivity contribution is 5.97. The van der Waals surface area contributed by atoms with E-state index in [9.17, 15) is 14.9 Å². The highest BCUT2D eigenvalue weighted by Gasteiger charge is 2.22. The Hall–Kier alpha value is -3.66. The first kappa shape index (κ1) is 22.0. The molecule has 7 heteroatoms. The lowest BCUT2D eigenvalue weighted by Crippen LogP contribution is -2.43. The van der Waals surface area contributed by atoms with E-state index in [-0.39, 0.29) is 11.8 Å². The Kier molecular flexibility index (Phi) is 7.77. The Morgan fingerprint density at radius 1 is 1.16 bits per heavy atom. The molecule has 2 amide bonds. The second-order valence-corrected chi connectivity index (χ2v) is 7.40. The molecule has 0 fully saturated rings. The third kappa shape index (κ3) is 5.70. The zero-order chi connectivity index (χ0) is 22.1. The van der Waals surface area contributed by atoms with Crippen molar-refractivity contribution in [3.8, 4) is 6.07 Å². The summed E-state index contributed by atoms with van der Waals surface area (Å²) in [6.07, 6.45) is 9.72. The summed E-state index contributed by atoms with van der Waals surface area (Å²) >= 11 is 0. The van der Waals surface area contributed by atoms with Gasteiger partial charge in [-0.25, -0.2) is 4.98 Å². The molecule has 0 atom stereocenters. The number of hydrogen-bond acceptors (Lipinski definition) is 5. The quantitative estimate of drug-likeness (QED) is 0.662. The molecule has 7 nitrogen and oxygen atoms in total. The average Bonchev–Trinajstić information content (AvgIpc) is 2.83. The van der Waals surface area contributed by atoms with Crippen molar-refractivity contribution in [2.45, 2.75) is 32.6 Å². The first-order chi connectivity index (χ1) is 15.1. The molecule has 1 N–H and O–H groups in total. The van der Waals surface area contributed by atoms with Gasteiger partial charge in [0.2, 0.25) is 0 Å². The Balaban J connectivity index is 1.61. The molecular weight excluding hydrogens is 390 g/mol. The van der Waals surface area contributed by atoms with Crippen LogP contribution < -0.4 is 10.2 Å². The van der Waals surface area contributed by atoms with Crippen LogP contribution in [0.2, 0.25) is 0 Å². The van der Waals surface area contributed by atoms with Crippen molar-refractivity contribution in [2.75, 3.05) is 24.7 Å². The number of carbonyl (C=O) groups is 2. The van der Waals surface area contributed by atoms with Crippen LogP contribution >= 0.6 is 0 Å². The van der Waals surface area contributed by atoms with Gasteiger partial charge < -0.3 is 15.1 Å². The third-order valence-corrected chi connectivity index (χ3v) is 5.12. The molecule has 2 heterocycles. The third-order valence-electron chi connectivity index (χ3n) is 5.12. The highest BCUT2D eigenvalue weighted by atomic mass is 16.2. The Morgan fingerprint density at radius 3 is 2.74 bits per heavy atom. The molecule has 2 aromatic rings. The number of nitrogens with zero attached hydrogens (tertiary/aromatic N) is 4. The molecule has 3 rings (SSSR count). The van der Waals surface area contributed by atoms with Crippen LogP contribution in [0.5, 0.6) is 0 Å². The van der Waals surface area contributed by atoms with Crippen molar-refractivity contribution in [2.24, 2.45) is 0 Å². The summed E-state index contributed by atoms with van der Waals surface area (Å²) in [6, 6.07) is 12.4. The highest BCUT2D eigenvalue weighted by Crippen LogP contribution is 2.18. The minimum Gasteiger partial charge on any atom is -0.352 e. The molecule has 0 bridgehead atoms. The molecule has 160 valence electrons. The van der Waals surface area contributed by atoms with E-state index in [1.54, 1.807) is 47.5 Å². The maximum Gasteiger partial charge on any atom is 0.256 e. The summed E-state index contributed by atoms with van der Waals surface area (Å²) in [5.41, 5.74) is 1.26. The number of anilines is 1. The predicted octanol–water partition coefficient (Wildman–Crippen LogP) is 3.70. The van der Waals surface area contributed by atoms with Gasteiger partial charge in [0, 0.05) is 25.5 Å². The predicted molar refractivity (Wildman–Crippen MR) is 119 cm³/mol. The van der Waals surface area contributed by atoms with E-state index in [0.29, 0.717) is 42.3 Å². The monoisotopic (exact) mass is 417 g/mol. The number of nitriles is 1. The summed E-state index contributed by atoms with van der Waals surface area (Å²) in [7, 11) is 0. The second kappa shape index (κ2) is 10.9. The SMILES string of the molecule is CCCCCCNC(=O)c1ccc(N2C=CCN(C(=O)c3ccccc3C#N)C2)nc1. The van der Waals surface area contributed by atoms with E-state index < -0.39 is 0 Å². The van der Waals surface area contributed by atoms with Crippen molar-refractivity contribution >= 4 is 17.6 Å². The Bertz CT molecular complexity index is 978. The van der Waals surface area contributed by atoms with Crippen LogP contribution in [0.25, 0.3) is 0 Å². The molecule has 1 aliphatic heterocycles. The fourth-order valence-electron chi connectivity index (χ4n) is 3.37. The van der Waals surface area contributed by atoms with Gasteiger partial charge >= 0.3 is 0 Å². The number of rotatable bonds is 8. The normalized spacial score (nSPS) is 13.0. The number of hydrogen-bond donors (Lipinski definition) is 1. The number of unbranched alkanes of at least 4 members (excludes halogenated alkanes) is 3. The number of carbonyl (C=O) groups excluding carboxylic acids is 2. The molecular formula is C24H27N5O2. The lowest BCUT2D eigenvalue weighted by molar-refractivity contribution is 0.0771. The molecule has 31 heavy (non-hydrogen) atoms. The molecule has 0 spiro atoms. The van der Waals surface area contributed by atoms with E-state index in [2.05, 4.69) is 23.3 Å².